The maximum Gasteiger partial charge on any atom is 0.218 e. The van der Waals surface area contributed by atoms with Crippen molar-refractivity contribution in [2.45, 2.75) is 45.2 Å². The summed E-state index contributed by atoms with van der Waals surface area (Å²) < 4.78 is 0. The van der Waals surface area contributed by atoms with E-state index in [0.29, 0.717) is 12.5 Å². The third-order valence-corrected chi connectivity index (χ3v) is 3.69. The summed E-state index contributed by atoms with van der Waals surface area (Å²) in [6.45, 7) is 4.10. The third kappa shape index (κ3) is 3.57. The van der Waals surface area contributed by atoms with E-state index in [4.69, 9.17) is 5.73 Å². The Bertz CT molecular complexity index is 399. The molecule has 1 aliphatic heterocycles. The van der Waals surface area contributed by atoms with Gasteiger partial charge in [0, 0.05) is 19.0 Å². The van der Waals surface area contributed by atoms with Crippen LogP contribution in [0.4, 0.5) is 0 Å². The highest BCUT2D eigenvalue weighted by molar-refractivity contribution is 5.74. The zero-order valence-electron chi connectivity index (χ0n) is 11.1. The number of piperidine rings is 1. The third-order valence-electron chi connectivity index (χ3n) is 3.69. The zero-order valence-corrected chi connectivity index (χ0v) is 11.1. The number of nitrogens with zero attached hydrogens (tertiary/aromatic N) is 1. The van der Waals surface area contributed by atoms with Gasteiger partial charge in [0.05, 0.1) is 0 Å². The highest BCUT2D eigenvalue weighted by atomic mass is 16.1. The van der Waals surface area contributed by atoms with Gasteiger partial charge in [-0.1, -0.05) is 36.2 Å². The Hall–Kier alpha value is -1.35. The van der Waals surface area contributed by atoms with Crippen LogP contribution in [0.1, 0.15) is 36.8 Å². The van der Waals surface area contributed by atoms with Gasteiger partial charge in [0.15, 0.2) is 0 Å². The minimum atomic E-state index is -0.184. The first kappa shape index (κ1) is 13.1. The molecule has 0 radical (unpaired) electrons. The second-order valence-electron chi connectivity index (χ2n) is 5.28. The molecule has 2 rings (SSSR count). The Morgan fingerprint density at radius 2 is 2.06 bits per heavy atom. The van der Waals surface area contributed by atoms with E-state index in [1.54, 1.807) is 0 Å². The molecule has 2 N–H and O–H groups in total. The molecule has 1 heterocycles. The Morgan fingerprint density at radius 1 is 1.33 bits per heavy atom. The zero-order chi connectivity index (χ0) is 13.0. The van der Waals surface area contributed by atoms with E-state index in [9.17, 15) is 4.79 Å². The number of benzene rings is 1. The van der Waals surface area contributed by atoms with E-state index in [0.717, 1.165) is 19.5 Å². The number of likely N-dealkylation sites (tertiary alicyclic amines) is 1. The number of hydrogen-bond donors (Lipinski definition) is 1. The van der Waals surface area contributed by atoms with Crippen molar-refractivity contribution in [3.05, 3.63) is 35.4 Å². The molecule has 98 valence electrons. The van der Waals surface area contributed by atoms with E-state index in [2.05, 4.69) is 36.1 Å². The summed E-state index contributed by atoms with van der Waals surface area (Å²) in [7, 11) is 0. The first-order valence-electron chi connectivity index (χ1n) is 6.73. The fourth-order valence-electron chi connectivity index (χ4n) is 2.66. The highest BCUT2D eigenvalue weighted by Crippen LogP contribution is 2.21. The quantitative estimate of drug-likeness (QED) is 0.885. The van der Waals surface area contributed by atoms with Crippen LogP contribution in [-0.4, -0.2) is 23.4 Å². The molecule has 0 aliphatic carbocycles. The van der Waals surface area contributed by atoms with Gasteiger partial charge in [0.2, 0.25) is 5.91 Å². The first-order valence-corrected chi connectivity index (χ1v) is 6.73. The lowest BCUT2D eigenvalue weighted by atomic mass is 9.98. The average molecular weight is 246 g/mol. The number of amides is 1. The van der Waals surface area contributed by atoms with E-state index in [1.165, 1.54) is 24.0 Å². The van der Waals surface area contributed by atoms with Crippen molar-refractivity contribution >= 4 is 5.91 Å². The van der Waals surface area contributed by atoms with Crippen LogP contribution in [0.15, 0.2) is 24.3 Å². The van der Waals surface area contributed by atoms with Gasteiger partial charge in [0.1, 0.15) is 0 Å². The molecule has 1 amide bonds. The molecule has 0 bridgehead atoms. The predicted molar refractivity (Wildman–Crippen MR) is 73.0 cm³/mol. The lowest BCUT2D eigenvalue weighted by Crippen LogP contribution is -2.41. The summed E-state index contributed by atoms with van der Waals surface area (Å²) in [5.74, 6) is -0.184. The molecule has 1 unspecified atom stereocenters. The van der Waals surface area contributed by atoms with Gasteiger partial charge in [-0.25, -0.2) is 0 Å². The van der Waals surface area contributed by atoms with Crippen molar-refractivity contribution in [1.82, 2.24) is 4.90 Å². The predicted octanol–water partition coefficient (Wildman–Crippen LogP) is 2.22. The van der Waals surface area contributed by atoms with Gasteiger partial charge in [-0.05, 0) is 31.9 Å². The topological polar surface area (TPSA) is 46.3 Å². The largest absolute Gasteiger partial charge is 0.370 e. The lowest BCUT2D eigenvalue weighted by molar-refractivity contribution is -0.119. The molecule has 0 saturated carbocycles. The van der Waals surface area contributed by atoms with Gasteiger partial charge in [-0.3, -0.25) is 9.69 Å². The fourth-order valence-corrected chi connectivity index (χ4v) is 2.66. The molecular weight excluding hydrogens is 224 g/mol. The molecule has 1 fully saturated rings. The Labute approximate surface area is 109 Å². The normalized spacial score (nSPS) is 20.8. The first-order chi connectivity index (χ1) is 8.65. The molecule has 1 atom stereocenters. The number of carbonyl (C=O) groups is 1. The maximum absolute atomic E-state index is 11.1. The van der Waals surface area contributed by atoms with Crippen LogP contribution >= 0.6 is 0 Å². The lowest BCUT2D eigenvalue weighted by Gasteiger charge is -2.35. The fraction of sp³-hybridized carbons (Fsp3) is 0.533. The van der Waals surface area contributed by atoms with Gasteiger partial charge in [0.25, 0.3) is 0 Å². The number of rotatable bonds is 4. The van der Waals surface area contributed by atoms with E-state index >= 15 is 0 Å². The van der Waals surface area contributed by atoms with Crippen molar-refractivity contribution in [3.63, 3.8) is 0 Å². The summed E-state index contributed by atoms with van der Waals surface area (Å²) in [4.78, 5) is 13.5. The smallest absolute Gasteiger partial charge is 0.218 e. The summed E-state index contributed by atoms with van der Waals surface area (Å²) >= 11 is 0. The molecular formula is C15H22N2O. The molecule has 1 saturated heterocycles. The Morgan fingerprint density at radius 3 is 2.72 bits per heavy atom. The molecule has 1 aromatic carbocycles. The maximum atomic E-state index is 11.1. The van der Waals surface area contributed by atoms with Crippen molar-refractivity contribution in [3.8, 4) is 0 Å². The highest BCUT2D eigenvalue weighted by Gasteiger charge is 2.23. The van der Waals surface area contributed by atoms with Crippen LogP contribution in [0, 0.1) is 6.92 Å². The molecule has 18 heavy (non-hydrogen) atoms. The number of nitrogens with two attached hydrogens (primary N) is 1. The van der Waals surface area contributed by atoms with Crippen LogP contribution in [0.5, 0.6) is 0 Å². The van der Waals surface area contributed by atoms with Crippen molar-refractivity contribution < 1.29 is 4.79 Å². The molecule has 1 aromatic rings. The SMILES string of the molecule is Cc1ccc(CN2CCCCC2CC(N)=O)cc1. The van der Waals surface area contributed by atoms with Crippen molar-refractivity contribution in [2.24, 2.45) is 5.73 Å². The van der Waals surface area contributed by atoms with Gasteiger partial charge >= 0.3 is 0 Å². The second-order valence-corrected chi connectivity index (χ2v) is 5.28. The van der Waals surface area contributed by atoms with Crippen LogP contribution in [0.25, 0.3) is 0 Å². The number of aryl methyl sites for hydroxylation is 1. The number of primary amides is 1. The minimum absolute atomic E-state index is 0.184. The van der Waals surface area contributed by atoms with Crippen LogP contribution in [0.2, 0.25) is 0 Å². The van der Waals surface area contributed by atoms with E-state index < -0.39 is 0 Å². The van der Waals surface area contributed by atoms with Crippen LogP contribution in [-0.2, 0) is 11.3 Å². The summed E-state index contributed by atoms with van der Waals surface area (Å²) in [6.07, 6.45) is 4.02. The van der Waals surface area contributed by atoms with Gasteiger partial charge < -0.3 is 5.73 Å². The minimum Gasteiger partial charge on any atom is -0.370 e. The molecule has 1 aliphatic rings. The van der Waals surface area contributed by atoms with Gasteiger partial charge in [-0.2, -0.15) is 0 Å². The van der Waals surface area contributed by atoms with Crippen molar-refractivity contribution in [1.29, 1.82) is 0 Å². The summed E-state index contributed by atoms with van der Waals surface area (Å²) in [6, 6.07) is 8.96. The monoisotopic (exact) mass is 246 g/mol. The summed E-state index contributed by atoms with van der Waals surface area (Å²) in [5, 5.41) is 0. The van der Waals surface area contributed by atoms with Crippen LogP contribution in [0.3, 0.4) is 0 Å². The average Bonchev–Trinajstić information content (AvgIpc) is 2.34. The molecule has 3 nitrogen and oxygen atoms in total. The van der Waals surface area contributed by atoms with Crippen molar-refractivity contribution in [2.75, 3.05) is 6.54 Å². The second kappa shape index (κ2) is 6.01. The van der Waals surface area contributed by atoms with Crippen LogP contribution < -0.4 is 5.73 Å². The van der Waals surface area contributed by atoms with Gasteiger partial charge in [-0.15, -0.1) is 0 Å². The number of carbonyl (C=O) groups excluding carboxylic acids is 1. The molecule has 0 spiro atoms. The Kier molecular flexibility index (Phi) is 4.37. The molecule has 0 aromatic heterocycles. The standard InChI is InChI=1S/C15H22N2O/c1-12-5-7-13(8-6-12)11-17-9-3-2-4-14(17)10-15(16)18/h5-8,14H,2-4,9-11H2,1H3,(H2,16,18). The Balaban J connectivity index is 2.00. The summed E-state index contributed by atoms with van der Waals surface area (Å²) in [5.41, 5.74) is 7.93. The van der Waals surface area contributed by atoms with E-state index in [1.807, 2.05) is 0 Å². The number of hydrogen-bond acceptors (Lipinski definition) is 2. The molecule has 3 heteroatoms. The van der Waals surface area contributed by atoms with E-state index in [-0.39, 0.29) is 5.91 Å².